The Morgan fingerprint density at radius 3 is 2.19 bits per heavy atom. The molecule has 2 N–H and O–H groups in total. The van der Waals surface area contributed by atoms with Crippen LogP contribution < -0.4 is 10.6 Å². The van der Waals surface area contributed by atoms with Crippen molar-refractivity contribution in [2.24, 2.45) is 5.92 Å². The molecule has 0 radical (unpaired) electrons. The third-order valence-electron chi connectivity index (χ3n) is 5.71. The molecule has 0 bridgehead atoms. The molecular formula is C30H41N3O4. The van der Waals surface area contributed by atoms with E-state index in [1.54, 1.807) is 31.7 Å². The van der Waals surface area contributed by atoms with Gasteiger partial charge in [0, 0.05) is 12.6 Å². The third kappa shape index (κ3) is 8.77. The summed E-state index contributed by atoms with van der Waals surface area (Å²) in [5, 5.41) is 5.73. The number of nitrogens with one attached hydrogen (secondary N) is 2. The second kappa shape index (κ2) is 13.1. The molecule has 2 atom stereocenters. The van der Waals surface area contributed by atoms with E-state index in [-0.39, 0.29) is 23.8 Å². The lowest BCUT2D eigenvalue weighted by atomic mass is 9.96. The Labute approximate surface area is 221 Å². The Kier molecular flexibility index (Phi) is 10.5. The van der Waals surface area contributed by atoms with Crippen molar-refractivity contribution in [3.63, 3.8) is 0 Å². The fourth-order valence-electron chi connectivity index (χ4n) is 3.96. The average Bonchev–Trinajstić information content (AvgIpc) is 2.83. The summed E-state index contributed by atoms with van der Waals surface area (Å²) in [4.78, 5) is 41.9. The number of carbonyl (C=O) groups is 3. The largest absolute Gasteiger partial charge is 0.444 e. The molecule has 200 valence electrons. The van der Waals surface area contributed by atoms with E-state index in [9.17, 15) is 14.4 Å². The van der Waals surface area contributed by atoms with Gasteiger partial charge in [0.05, 0.1) is 0 Å². The molecule has 37 heavy (non-hydrogen) atoms. The number of hydrogen-bond acceptors (Lipinski definition) is 4. The maximum atomic E-state index is 14.0. The van der Waals surface area contributed by atoms with Crippen LogP contribution in [0, 0.1) is 5.92 Å². The highest BCUT2D eigenvalue weighted by Crippen LogP contribution is 2.27. The fraction of sp³-hybridized carbons (Fsp3) is 0.433. The van der Waals surface area contributed by atoms with Crippen molar-refractivity contribution >= 4 is 24.0 Å². The molecule has 7 heteroatoms. The van der Waals surface area contributed by atoms with E-state index in [1.165, 1.54) is 0 Å². The van der Waals surface area contributed by atoms with E-state index < -0.39 is 23.8 Å². The van der Waals surface area contributed by atoms with Crippen LogP contribution in [0.25, 0.3) is 6.08 Å². The van der Waals surface area contributed by atoms with Crippen LogP contribution in [0.5, 0.6) is 0 Å². The van der Waals surface area contributed by atoms with Gasteiger partial charge in [0.15, 0.2) is 0 Å². The van der Waals surface area contributed by atoms with Crippen molar-refractivity contribution in [2.45, 2.75) is 78.7 Å². The molecule has 0 heterocycles. The van der Waals surface area contributed by atoms with Crippen LogP contribution in [0.1, 0.15) is 71.2 Å². The Bertz CT molecular complexity index is 1070. The van der Waals surface area contributed by atoms with Gasteiger partial charge in [-0.2, -0.15) is 0 Å². The number of carbonyl (C=O) groups excluding carboxylic acids is 3. The number of benzene rings is 2. The first kappa shape index (κ1) is 29.6. The van der Waals surface area contributed by atoms with Crippen LogP contribution in [0.4, 0.5) is 4.79 Å². The van der Waals surface area contributed by atoms with Gasteiger partial charge in [0.2, 0.25) is 11.8 Å². The zero-order valence-electron chi connectivity index (χ0n) is 23.1. The molecule has 0 aliphatic carbocycles. The van der Waals surface area contributed by atoms with Crippen LogP contribution in [0.15, 0.2) is 61.2 Å². The SMILES string of the molecule is C=Cc1cccc(C(C(=O)NCc2ccccc2)N(C(=O)C(NC(=O)OC(C)(C)C)C(C)C)C(C)C)c1. The smallest absolute Gasteiger partial charge is 0.408 e. The van der Waals surface area contributed by atoms with Crippen LogP contribution in [-0.2, 0) is 20.9 Å². The average molecular weight is 508 g/mol. The minimum Gasteiger partial charge on any atom is -0.444 e. The Morgan fingerprint density at radius 1 is 1.00 bits per heavy atom. The lowest BCUT2D eigenvalue weighted by Gasteiger charge is -2.38. The predicted molar refractivity (Wildman–Crippen MR) is 148 cm³/mol. The number of amides is 3. The molecule has 0 fully saturated rings. The van der Waals surface area contributed by atoms with Gasteiger partial charge in [0.25, 0.3) is 0 Å². The lowest BCUT2D eigenvalue weighted by molar-refractivity contribution is -0.145. The standard InChI is InChI=1S/C30H41N3O4/c1-9-22-16-13-17-24(18-22)26(27(34)31-19-23-14-11-10-12-15-23)33(21(4)5)28(35)25(20(2)3)32-29(36)37-30(6,7)8/h9-18,20-21,25-26H,1,19H2,2-8H3,(H,31,34)(H,32,36). The zero-order valence-corrected chi connectivity index (χ0v) is 23.1. The van der Waals surface area contributed by atoms with Crippen LogP contribution >= 0.6 is 0 Å². The Balaban J connectivity index is 2.47. The van der Waals surface area contributed by atoms with Gasteiger partial charge < -0.3 is 20.3 Å². The molecule has 0 aliphatic rings. The summed E-state index contributed by atoms with van der Waals surface area (Å²) >= 11 is 0. The molecule has 0 spiro atoms. The summed E-state index contributed by atoms with van der Waals surface area (Å²) in [6.07, 6.45) is 1.02. The molecule has 0 aromatic heterocycles. The normalized spacial score (nSPS) is 13.0. The van der Waals surface area contributed by atoms with Crippen molar-refractivity contribution in [3.05, 3.63) is 77.9 Å². The number of hydrogen-bond donors (Lipinski definition) is 2. The maximum absolute atomic E-state index is 14.0. The van der Waals surface area contributed by atoms with E-state index in [2.05, 4.69) is 17.2 Å². The second-order valence-corrected chi connectivity index (χ2v) is 10.7. The summed E-state index contributed by atoms with van der Waals surface area (Å²) in [7, 11) is 0. The lowest BCUT2D eigenvalue weighted by Crippen LogP contribution is -2.56. The van der Waals surface area contributed by atoms with Crippen LogP contribution in [0.2, 0.25) is 0 Å². The molecule has 0 aliphatic heterocycles. The van der Waals surface area contributed by atoms with E-state index in [0.29, 0.717) is 12.1 Å². The van der Waals surface area contributed by atoms with Crippen LogP contribution in [0.3, 0.4) is 0 Å². The van der Waals surface area contributed by atoms with Gasteiger partial charge >= 0.3 is 6.09 Å². The molecule has 2 unspecified atom stereocenters. The fourth-order valence-corrected chi connectivity index (χ4v) is 3.96. The quantitative estimate of drug-likeness (QED) is 0.446. The minimum atomic E-state index is -0.919. The van der Waals surface area contributed by atoms with Crippen molar-refractivity contribution in [2.75, 3.05) is 0 Å². The molecular weight excluding hydrogens is 466 g/mol. The van der Waals surface area contributed by atoms with Crippen LogP contribution in [-0.4, -0.2) is 40.5 Å². The number of ether oxygens (including phenoxy) is 1. The van der Waals surface area contributed by atoms with Crippen molar-refractivity contribution in [1.82, 2.24) is 15.5 Å². The van der Waals surface area contributed by atoms with Gasteiger partial charge in [-0.3, -0.25) is 9.59 Å². The highest BCUT2D eigenvalue weighted by atomic mass is 16.6. The monoisotopic (exact) mass is 507 g/mol. The predicted octanol–water partition coefficient (Wildman–Crippen LogP) is 5.47. The molecule has 0 saturated carbocycles. The van der Waals surface area contributed by atoms with Gasteiger partial charge in [-0.15, -0.1) is 0 Å². The first-order chi connectivity index (χ1) is 17.3. The van der Waals surface area contributed by atoms with Gasteiger partial charge in [-0.05, 0) is 63.3 Å². The molecule has 2 aromatic carbocycles. The molecule has 2 rings (SSSR count). The summed E-state index contributed by atoms with van der Waals surface area (Å²) in [6.45, 7) is 16.9. The van der Waals surface area contributed by atoms with E-state index >= 15 is 0 Å². The van der Waals surface area contributed by atoms with Crippen molar-refractivity contribution in [1.29, 1.82) is 0 Å². The second-order valence-electron chi connectivity index (χ2n) is 10.7. The van der Waals surface area contributed by atoms with E-state index in [1.807, 2.05) is 82.3 Å². The summed E-state index contributed by atoms with van der Waals surface area (Å²) < 4.78 is 5.41. The number of rotatable bonds is 10. The van der Waals surface area contributed by atoms with Crippen molar-refractivity contribution < 1.29 is 19.1 Å². The highest BCUT2D eigenvalue weighted by molar-refractivity contribution is 5.92. The molecule has 7 nitrogen and oxygen atoms in total. The topological polar surface area (TPSA) is 87.7 Å². The van der Waals surface area contributed by atoms with Gasteiger partial charge in [-0.25, -0.2) is 4.79 Å². The van der Waals surface area contributed by atoms with E-state index in [4.69, 9.17) is 4.74 Å². The highest BCUT2D eigenvalue weighted by Gasteiger charge is 2.38. The first-order valence-electron chi connectivity index (χ1n) is 12.7. The molecule has 2 aromatic rings. The third-order valence-corrected chi connectivity index (χ3v) is 5.71. The molecule has 0 saturated heterocycles. The minimum absolute atomic E-state index is 0.242. The first-order valence-corrected chi connectivity index (χ1v) is 12.7. The summed E-state index contributed by atoms with van der Waals surface area (Å²) in [5.74, 6) is -0.916. The Hall–Kier alpha value is -3.61. The molecule has 3 amide bonds. The Morgan fingerprint density at radius 2 is 1.65 bits per heavy atom. The number of nitrogens with zero attached hydrogens (tertiary/aromatic N) is 1. The van der Waals surface area contributed by atoms with Gasteiger partial charge in [0.1, 0.15) is 17.7 Å². The van der Waals surface area contributed by atoms with E-state index in [0.717, 1.165) is 11.1 Å². The summed E-state index contributed by atoms with van der Waals surface area (Å²) in [5.41, 5.74) is 1.73. The van der Waals surface area contributed by atoms with Gasteiger partial charge in [-0.1, -0.05) is 75.0 Å². The maximum Gasteiger partial charge on any atom is 0.408 e. The number of alkyl carbamates (subject to hydrolysis) is 1. The van der Waals surface area contributed by atoms with Crippen molar-refractivity contribution in [3.8, 4) is 0 Å². The summed E-state index contributed by atoms with van der Waals surface area (Å²) in [6, 6.07) is 14.9. The zero-order chi connectivity index (χ0) is 27.8.